The molecule has 0 unspecified atom stereocenters. The third kappa shape index (κ3) is 6.32. The molecular weight excluding hydrogens is 138 g/mol. The first-order valence-electron chi connectivity index (χ1n) is 4.49. The Hall–Kier alpha value is -0.0800. The van der Waals surface area contributed by atoms with E-state index in [4.69, 9.17) is 4.84 Å². The molecule has 0 N–H and O–H groups in total. The van der Waals surface area contributed by atoms with E-state index in [2.05, 4.69) is 34.9 Å². The summed E-state index contributed by atoms with van der Waals surface area (Å²) in [6.45, 7) is 7.46. The van der Waals surface area contributed by atoms with Crippen LogP contribution in [0, 0.1) is 0 Å². The highest BCUT2D eigenvalue weighted by molar-refractivity contribution is 4.31. The summed E-state index contributed by atoms with van der Waals surface area (Å²) in [4.78, 5) is 5.68. The lowest BCUT2D eigenvalue weighted by Crippen LogP contribution is -2.42. The maximum Gasteiger partial charge on any atom is 0.111 e. The molecule has 2 nitrogen and oxygen atoms in total. The van der Waals surface area contributed by atoms with Gasteiger partial charge in [-0.1, -0.05) is 13.3 Å². The molecule has 2 heteroatoms. The van der Waals surface area contributed by atoms with Gasteiger partial charge in [-0.25, -0.2) is 4.84 Å². The second kappa shape index (κ2) is 4.73. The van der Waals surface area contributed by atoms with Crippen LogP contribution >= 0.6 is 0 Å². The van der Waals surface area contributed by atoms with Crippen LogP contribution in [0.3, 0.4) is 0 Å². The van der Waals surface area contributed by atoms with Gasteiger partial charge in [0.1, 0.15) is 12.6 Å². The van der Waals surface area contributed by atoms with Crippen LogP contribution in [0.25, 0.3) is 0 Å². The molecule has 0 aromatic rings. The van der Waals surface area contributed by atoms with Gasteiger partial charge in [-0.3, -0.25) is 0 Å². The summed E-state index contributed by atoms with van der Waals surface area (Å²) in [7, 11) is 4.21. The molecule has 0 heterocycles. The highest BCUT2D eigenvalue weighted by atomic mass is 16.7. The van der Waals surface area contributed by atoms with E-state index in [1.807, 2.05) is 0 Å². The molecule has 0 aromatic carbocycles. The van der Waals surface area contributed by atoms with E-state index in [0.717, 1.165) is 6.54 Å². The van der Waals surface area contributed by atoms with Crippen molar-refractivity contribution in [3.8, 4) is 0 Å². The summed E-state index contributed by atoms with van der Waals surface area (Å²) in [5.74, 6) is 0. The van der Waals surface area contributed by atoms with Crippen molar-refractivity contribution in [1.29, 1.82) is 0 Å². The molecule has 0 aliphatic rings. The minimum Gasteiger partial charge on any atom is -0.201 e. The second-order valence-electron chi connectivity index (χ2n) is 3.81. The molecular formula is C9H22NO+. The van der Waals surface area contributed by atoms with Gasteiger partial charge in [0.25, 0.3) is 0 Å². The van der Waals surface area contributed by atoms with E-state index >= 15 is 0 Å². The lowest BCUT2D eigenvalue weighted by molar-refractivity contribution is -1.08. The van der Waals surface area contributed by atoms with Crippen LogP contribution in [0.4, 0.5) is 0 Å². The number of nitrogens with zero attached hydrogens (tertiary/aromatic N) is 1. The van der Waals surface area contributed by atoms with Gasteiger partial charge in [0.2, 0.25) is 0 Å². The van der Waals surface area contributed by atoms with Crippen molar-refractivity contribution in [1.82, 2.24) is 0 Å². The zero-order valence-electron chi connectivity index (χ0n) is 8.55. The first kappa shape index (κ1) is 10.9. The number of unbranched alkanes of at least 4 members (excludes halogenated alkanes) is 1. The molecule has 0 amide bonds. The summed E-state index contributed by atoms with van der Waals surface area (Å²) in [5, 5.41) is 0. The average molecular weight is 160 g/mol. The van der Waals surface area contributed by atoms with Crippen LogP contribution in [0.15, 0.2) is 0 Å². The largest absolute Gasteiger partial charge is 0.201 e. The van der Waals surface area contributed by atoms with E-state index in [1.165, 1.54) is 12.8 Å². The highest BCUT2D eigenvalue weighted by Gasteiger charge is 2.17. The first-order chi connectivity index (χ1) is 4.98. The summed E-state index contributed by atoms with van der Waals surface area (Å²) in [6, 6.07) is 0. The summed E-state index contributed by atoms with van der Waals surface area (Å²) in [5.41, 5.74) is 0. The monoisotopic (exact) mass is 160 g/mol. The molecule has 0 atom stereocenters. The van der Waals surface area contributed by atoms with E-state index < -0.39 is 0 Å². The van der Waals surface area contributed by atoms with Crippen LogP contribution < -0.4 is 0 Å². The quantitative estimate of drug-likeness (QED) is 0.442. The Morgan fingerprint density at radius 3 is 2.18 bits per heavy atom. The predicted octanol–water partition coefficient (Wildman–Crippen LogP) is 2.20. The number of hydrogen-bond acceptors (Lipinski definition) is 1. The van der Waals surface area contributed by atoms with Gasteiger partial charge < -0.3 is 0 Å². The maximum atomic E-state index is 5.68. The smallest absolute Gasteiger partial charge is 0.111 e. The Labute approximate surface area is 70.7 Å². The van der Waals surface area contributed by atoms with Crippen LogP contribution in [-0.2, 0) is 4.84 Å². The lowest BCUT2D eigenvalue weighted by atomic mass is 10.3. The standard InChI is InChI=1S/C9H22NO/c1-6-7-8-10(4,5)11-9(2)3/h9H,6-8H2,1-5H3/q+1. The minimum atomic E-state index is 0.321. The molecule has 0 fully saturated rings. The van der Waals surface area contributed by atoms with Gasteiger partial charge in [-0.2, -0.15) is 4.65 Å². The van der Waals surface area contributed by atoms with Gasteiger partial charge in [0, 0.05) is 0 Å². The second-order valence-corrected chi connectivity index (χ2v) is 3.81. The third-order valence-corrected chi connectivity index (χ3v) is 1.55. The van der Waals surface area contributed by atoms with Crippen molar-refractivity contribution in [2.75, 3.05) is 20.6 Å². The van der Waals surface area contributed by atoms with Crippen molar-refractivity contribution in [2.24, 2.45) is 0 Å². The van der Waals surface area contributed by atoms with Gasteiger partial charge >= 0.3 is 0 Å². The van der Waals surface area contributed by atoms with Crippen LogP contribution in [0.2, 0.25) is 0 Å². The lowest BCUT2D eigenvalue weighted by Gasteiger charge is -2.28. The predicted molar refractivity (Wildman–Crippen MR) is 48.1 cm³/mol. The van der Waals surface area contributed by atoms with Crippen molar-refractivity contribution >= 4 is 0 Å². The molecule has 0 saturated carbocycles. The molecule has 0 spiro atoms. The normalized spacial score (nSPS) is 12.5. The number of quaternary nitrogens is 1. The van der Waals surface area contributed by atoms with E-state index in [9.17, 15) is 0 Å². The summed E-state index contributed by atoms with van der Waals surface area (Å²) in [6.07, 6.45) is 2.80. The van der Waals surface area contributed by atoms with Crippen LogP contribution in [0.5, 0.6) is 0 Å². The summed E-state index contributed by atoms with van der Waals surface area (Å²) < 4.78 is 0.686. The van der Waals surface area contributed by atoms with Gasteiger partial charge in [-0.15, -0.1) is 0 Å². The molecule has 0 aliphatic carbocycles. The van der Waals surface area contributed by atoms with Gasteiger partial charge in [0.15, 0.2) is 0 Å². The maximum absolute atomic E-state index is 5.68. The molecule has 0 radical (unpaired) electrons. The molecule has 0 rings (SSSR count). The number of hydroxylamine groups is 3. The first-order valence-corrected chi connectivity index (χ1v) is 4.49. The Bertz CT molecular complexity index is 99.7. The van der Waals surface area contributed by atoms with Crippen molar-refractivity contribution < 1.29 is 9.48 Å². The SMILES string of the molecule is CCCC[N+](C)(C)OC(C)C. The fraction of sp³-hybridized carbons (Fsp3) is 1.00. The van der Waals surface area contributed by atoms with Crippen LogP contribution in [-0.4, -0.2) is 31.4 Å². The molecule has 0 bridgehead atoms. The fourth-order valence-electron chi connectivity index (χ4n) is 1.16. The average Bonchev–Trinajstić information content (AvgIpc) is 1.81. The van der Waals surface area contributed by atoms with Gasteiger partial charge in [-0.05, 0) is 20.3 Å². The van der Waals surface area contributed by atoms with E-state index in [-0.39, 0.29) is 0 Å². The van der Waals surface area contributed by atoms with Crippen molar-refractivity contribution in [3.05, 3.63) is 0 Å². The topological polar surface area (TPSA) is 9.23 Å². The molecule has 68 valence electrons. The molecule has 0 saturated heterocycles. The van der Waals surface area contributed by atoms with E-state index in [0.29, 0.717) is 10.8 Å². The third-order valence-electron chi connectivity index (χ3n) is 1.55. The van der Waals surface area contributed by atoms with Gasteiger partial charge in [0.05, 0.1) is 14.1 Å². The highest BCUT2D eigenvalue weighted by Crippen LogP contribution is 2.05. The summed E-state index contributed by atoms with van der Waals surface area (Å²) >= 11 is 0. The van der Waals surface area contributed by atoms with Crippen molar-refractivity contribution in [2.45, 2.75) is 39.7 Å². The van der Waals surface area contributed by atoms with Crippen molar-refractivity contribution in [3.63, 3.8) is 0 Å². The molecule has 0 aromatic heterocycles. The zero-order chi connectivity index (χ0) is 8.91. The zero-order valence-corrected chi connectivity index (χ0v) is 8.55. The fourth-order valence-corrected chi connectivity index (χ4v) is 1.16. The Morgan fingerprint density at radius 1 is 1.27 bits per heavy atom. The molecule has 11 heavy (non-hydrogen) atoms. The van der Waals surface area contributed by atoms with E-state index in [1.54, 1.807) is 0 Å². The Morgan fingerprint density at radius 2 is 1.82 bits per heavy atom. The number of hydrogen-bond donors (Lipinski definition) is 0. The minimum absolute atomic E-state index is 0.321. The molecule has 0 aliphatic heterocycles. The Balaban J connectivity index is 3.61. The van der Waals surface area contributed by atoms with Crippen LogP contribution in [0.1, 0.15) is 33.6 Å². The number of rotatable bonds is 5. The Kier molecular flexibility index (Phi) is 4.69.